The second-order valence-electron chi connectivity index (χ2n) is 23.9. The summed E-state index contributed by atoms with van der Waals surface area (Å²) in [6.45, 7) is 7.50. The molecule has 8 saturated carbocycles. The molecule has 0 heterocycles. The van der Waals surface area contributed by atoms with E-state index in [4.69, 9.17) is 10.5 Å². The fraction of sp³-hybridized carbons (Fsp3) is 0.867. The molecule has 14 heteroatoms. The molecule has 4 atom stereocenters. The number of nitrogens with zero attached hydrogens (tertiary/aromatic N) is 14. The van der Waals surface area contributed by atoms with Crippen LogP contribution in [0.4, 0.5) is 0 Å². The lowest BCUT2D eigenvalue weighted by Crippen LogP contribution is -2.33. The second kappa shape index (κ2) is 30.9. The van der Waals surface area contributed by atoms with Gasteiger partial charge < -0.3 is 0 Å². The number of rotatable bonds is 10. The van der Waals surface area contributed by atoms with E-state index < -0.39 is 33.2 Å². The third-order valence-corrected chi connectivity index (χ3v) is 18.2. The molecule has 74 heavy (non-hydrogen) atoms. The molecule has 4 unspecified atom stereocenters. The van der Waals surface area contributed by atoms with Crippen molar-refractivity contribution in [3.8, 4) is 48.6 Å². The Balaban J connectivity index is 0.000000209. The highest BCUT2D eigenvalue weighted by molar-refractivity contribution is 5.15. The van der Waals surface area contributed by atoms with Gasteiger partial charge in [0.25, 0.3) is 0 Å². The van der Waals surface area contributed by atoms with Gasteiger partial charge in [-0.3, -0.25) is 0 Å². The molecule has 0 saturated heterocycles. The van der Waals surface area contributed by atoms with Crippen molar-refractivity contribution >= 4 is 0 Å². The number of hydrogen-bond acceptors (Lipinski definition) is 14. The van der Waals surface area contributed by atoms with Crippen molar-refractivity contribution in [2.45, 2.75) is 292 Å². The average Bonchev–Trinajstić information content (AvgIpc) is 4.35. The summed E-state index contributed by atoms with van der Waals surface area (Å²) in [6.07, 6.45) is 40.0. The molecule has 0 aromatic carbocycles. The minimum Gasteiger partial charge on any atom is -0.198 e. The van der Waals surface area contributed by atoms with Gasteiger partial charge in [-0.2, -0.15) is 72.8 Å². The molecule has 8 fully saturated rings. The summed E-state index contributed by atoms with van der Waals surface area (Å²) < 4.78 is 0. The van der Waals surface area contributed by atoms with Crippen LogP contribution in [0.5, 0.6) is 0 Å². The molecule has 0 radical (unpaired) electrons. The van der Waals surface area contributed by atoms with Crippen LogP contribution in [0.2, 0.25) is 0 Å². The SMILES string of the molecule is CC(C#N)(N=NC(C)(C#N)C1CCCC1)C1CCCC1.CC(C#N)(N=NC(C)(C#N)C1CCCC1)C1CCCC1.N#CC1(N=NC2(C#N)CCCCC2)CCCCC1.N#CC1CCCCC1.N#CC1CCCCC1. The monoisotopic (exact) mass is 1010 g/mol. The smallest absolute Gasteiger partial charge is 0.167 e. The van der Waals surface area contributed by atoms with Crippen LogP contribution in [-0.4, -0.2) is 33.2 Å². The van der Waals surface area contributed by atoms with Crippen molar-refractivity contribution in [2.75, 3.05) is 0 Å². The van der Waals surface area contributed by atoms with Gasteiger partial charge in [0.05, 0.1) is 48.6 Å². The van der Waals surface area contributed by atoms with Crippen LogP contribution < -0.4 is 0 Å². The Hall–Kier alpha value is -5.28. The van der Waals surface area contributed by atoms with Crippen LogP contribution in [0.15, 0.2) is 30.7 Å². The fourth-order valence-corrected chi connectivity index (χ4v) is 12.5. The number of hydrogen-bond donors (Lipinski definition) is 0. The predicted molar refractivity (Wildman–Crippen MR) is 286 cm³/mol. The maximum atomic E-state index is 9.49. The molecule has 0 aromatic rings. The molecule has 0 bridgehead atoms. The highest BCUT2D eigenvalue weighted by atomic mass is 15.2. The zero-order valence-corrected chi connectivity index (χ0v) is 46.2. The highest BCUT2D eigenvalue weighted by Gasteiger charge is 2.43. The maximum Gasteiger partial charge on any atom is 0.167 e. The Morgan fingerprint density at radius 1 is 0.297 bits per heavy atom. The highest BCUT2D eigenvalue weighted by Crippen LogP contribution is 2.42. The van der Waals surface area contributed by atoms with E-state index in [2.05, 4.69) is 79.2 Å². The first kappa shape index (κ1) is 61.3. The predicted octanol–water partition coefficient (Wildman–Crippen LogP) is 16.8. The Kier molecular flexibility index (Phi) is 25.6. The quantitative estimate of drug-likeness (QED) is 0.189. The minimum atomic E-state index is -0.757. The van der Waals surface area contributed by atoms with Crippen LogP contribution in [0.1, 0.15) is 259 Å². The van der Waals surface area contributed by atoms with Gasteiger partial charge in [0.1, 0.15) is 0 Å². The molecule has 8 aliphatic rings. The average molecular weight is 1010 g/mol. The zero-order chi connectivity index (χ0) is 53.8. The zero-order valence-electron chi connectivity index (χ0n) is 46.2. The van der Waals surface area contributed by atoms with E-state index in [1.54, 1.807) is 0 Å². The standard InChI is InChI=1S/2C16H24N4.C14H20N4.2C7H11N/c2*1-15(11-17,13-7-3-4-8-13)19-20-16(2,12-18)14-9-5-6-10-14;15-11-13(7-3-1-4-8-13)17-18-14(12-16)9-5-2-6-10-14;2*8-6-7-4-2-1-3-5-7/h2*13-14H,3-10H2,1-2H3;1-10H2;2*7H,1-5H2. The van der Waals surface area contributed by atoms with E-state index >= 15 is 0 Å². The molecule has 0 aliphatic heterocycles. The van der Waals surface area contributed by atoms with Gasteiger partial charge in [-0.15, -0.1) is 0 Å². The summed E-state index contributed by atoms with van der Waals surface area (Å²) in [5.41, 5.74) is -4.31. The lowest BCUT2D eigenvalue weighted by Gasteiger charge is -2.29. The van der Waals surface area contributed by atoms with Crippen molar-refractivity contribution < 1.29 is 0 Å². The van der Waals surface area contributed by atoms with E-state index in [9.17, 15) is 31.6 Å². The lowest BCUT2D eigenvalue weighted by molar-refractivity contribution is 0.310. The molecule has 0 aromatic heterocycles. The molecular weight excluding hydrogens is 917 g/mol. The third-order valence-electron chi connectivity index (χ3n) is 18.2. The third kappa shape index (κ3) is 18.2. The summed E-state index contributed by atoms with van der Waals surface area (Å²) in [7, 11) is 0. The molecular formula is C60H90N14. The minimum absolute atomic E-state index is 0.294. The van der Waals surface area contributed by atoms with E-state index in [-0.39, 0.29) is 0 Å². The van der Waals surface area contributed by atoms with Crippen molar-refractivity contribution in [1.82, 2.24) is 0 Å². The number of nitriles is 8. The Morgan fingerprint density at radius 2 is 0.500 bits per heavy atom. The van der Waals surface area contributed by atoms with Gasteiger partial charge in [0, 0.05) is 11.8 Å². The fourth-order valence-electron chi connectivity index (χ4n) is 12.5. The van der Waals surface area contributed by atoms with Gasteiger partial charge in [0.15, 0.2) is 33.2 Å². The Morgan fingerprint density at radius 3 is 0.676 bits per heavy atom. The first-order valence-electron chi connectivity index (χ1n) is 29.3. The normalized spacial score (nSPS) is 25.8. The van der Waals surface area contributed by atoms with Crippen molar-refractivity contribution in [2.24, 2.45) is 66.2 Å². The molecule has 14 nitrogen and oxygen atoms in total. The maximum absolute atomic E-state index is 9.49. The summed E-state index contributed by atoms with van der Waals surface area (Å²) in [5.74, 6) is 1.96. The van der Waals surface area contributed by atoms with Gasteiger partial charge in [0.2, 0.25) is 0 Å². The molecule has 0 amide bonds. The van der Waals surface area contributed by atoms with E-state index in [1.807, 2.05) is 27.7 Å². The van der Waals surface area contributed by atoms with Gasteiger partial charge >= 0.3 is 0 Å². The van der Waals surface area contributed by atoms with Crippen LogP contribution >= 0.6 is 0 Å². The number of azo groups is 3. The molecule has 0 spiro atoms. The summed E-state index contributed by atoms with van der Waals surface area (Å²) in [4.78, 5) is 0. The topological polar surface area (TPSA) is 264 Å². The van der Waals surface area contributed by atoms with E-state index in [0.29, 0.717) is 35.5 Å². The van der Waals surface area contributed by atoms with Gasteiger partial charge in [-0.1, -0.05) is 103 Å². The molecule has 0 N–H and O–H groups in total. The van der Waals surface area contributed by atoms with Gasteiger partial charge in [-0.25, -0.2) is 0 Å². The molecule has 8 rings (SSSR count). The van der Waals surface area contributed by atoms with Gasteiger partial charge in [-0.05, 0) is 180 Å². The van der Waals surface area contributed by atoms with E-state index in [1.165, 1.54) is 103 Å². The van der Waals surface area contributed by atoms with Crippen molar-refractivity contribution in [3.63, 3.8) is 0 Å². The summed E-state index contributed by atoms with van der Waals surface area (Å²) >= 11 is 0. The molecule has 8 aliphatic carbocycles. The van der Waals surface area contributed by atoms with Crippen LogP contribution in [0, 0.1) is 126 Å². The largest absolute Gasteiger partial charge is 0.198 e. The second-order valence-corrected chi connectivity index (χ2v) is 23.9. The van der Waals surface area contributed by atoms with Crippen LogP contribution in [0.25, 0.3) is 0 Å². The van der Waals surface area contributed by atoms with Crippen molar-refractivity contribution in [1.29, 1.82) is 42.1 Å². The van der Waals surface area contributed by atoms with Crippen LogP contribution in [-0.2, 0) is 0 Å². The summed E-state index contributed by atoms with van der Waals surface area (Å²) in [6, 6.07) is 18.6. The Labute approximate surface area is 447 Å². The Bertz CT molecular complexity index is 1900. The summed E-state index contributed by atoms with van der Waals surface area (Å²) in [5, 5.41) is 99.8. The first-order chi connectivity index (χ1) is 35.7. The first-order valence-corrected chi connectivity index (χ1v) is 29.3. The van der Waals surface area contributed by atoms with Crippen molar-refractivity contribution in [3.05, 3.63) is 0 Å². The molecule has 400 valence electrons. The van der Waals surface area contributed by atoms with E-state index in [0.717, 1.165) is 128 Å². The lowest BCUT2D eigenvalue weighted by atomic mass is 9.82. The van der Waals surface area contributed by atoms with Crippen LogP contribution in [0.3, 0.4) is 0 Å².